The number of rotatable bonds is 11. The summed E-state index contributed by atoms with van der Waals surface area (Å²) in [6.45, 7) is 15.2. The number of aliphatic hydroxyl groups is 6. The van der Waals surface area contributed by atoms with Crippen molar-refractivity contribution in [2.24, 2.45) is 23.2 Å². The Kier molecular flexibility index (Phi) is 12.8. The topological polar surface area (TPSA) is 186 Å². The van der Waals surface area contributed by atoms with Gasteiger partial charge in [-0.2, -0.15) is 0 Å². The molecule has 6 N–H and O–H groups in total. The fourth-order valence-electron chi connectivity index (χ4n) is 12.2. The zero-order chi connectivity index (χ0) is 42.3. The average Bonchev–Trinajstić information content (AvgIpc) is 3.75. The van der Waals surface area contributed by atoms with Crippen molar-refractivity contribution in [3.05, 3.63) is 0 Å². The fourth-order valence-corrected chi connectivity index (χ4v) is 13.6. The Morgan fingerprint density at radius 3 is 2.31 bits per heavy atom. The summed E-state index contributed by atoms with van der Waals surface area (Å²) in [6, 6.07) is 0. The number of ether oxygens (including phenoxy) is 7. The third-order valence-corrected chi connectivity index (χ3v) is 17.9. The van der Waals surface area contributed by atoms with E-state index in [-0.39, 0.29) is 64.0 Å². The molecule has 8 aliphatic heterocycles. The standard InChI is InChI=1S/C45H76O13S/c1-25(32-24-42(7)38(59-42)45(56-32)33(47)13-12-29(55-45)23-41(6,51)39(49)50)10-11-28-14-17-44(54-28)18-15-31-36(57-44)34(48)27(3)35(53-31)30(46)22-26(2)37-40(4,5)19-20-43(58-37)16-8-9-21-52-43/h25-39,46-51H,8-24H2,1-7H3. The van der Waals surface area contributed by atoms with Gasteiger partial charge in [0.05, 0.1) is 60.7 Å². The van der Waals surface area contributed by atoms with E-state index in [1.165, 1.54) is 6.92 Å². The van der Waals surface area contributed by atoms with E-state index in [4.69, 9.17) is 33.2 Å². The molecule has 19 atom stereocenters. The molecule has 0 aromatic heterocycles. The van der Waals surface area contributed by atoms with Gasteiger partial charge in [0.2, 0.25) is 5.79 Å². The van der Waals surface area contributed by atoms with Crippen LogP contribution in [0.5, 0.6) is 0 Å². The van der Waals surface area contributed by atoms with Gasteiger partial charge >= 0.3 is 0 Å². The Hall–Kier alpha value is -0.170. The molecule has 8 fully saturated rings. The van der Waals surface area contributed by atoms with Gasteiger partial charge in [0.25, 0.3) is 0 Å². The molecule has 0 radical (unpaired) electrons. The van der Waals surface area contributed by atoms with E-state index in [9.17, 15) is 30.6 Å². The molecule has 14 heteroatoms. The molecule has 0 aromatic rings. The Morgan fingerprint density at radius 1 is 0.814 bits per heavy atom. The SMILES string of the molecule is CC(CCC1CCC2(CCC3OC(C(O)CC(C)C4OC5(CCCCO5)CCC4(C)C)C(C)C(O)C3O2)O1)C1CC2(C)SC2C2(OC(CC(C)(O)C(O)O)CCC2O)O1. The van der Waals surface area contributed by atoms with Gasteiger partial charge in [-0.3, -0.25) is 0 Å². The van der Waals surface area contributed by atoms with E-state index >= 15 is 0 Å². The molecule has 8 heterocycles. The van der Waals surface area contributed by atoms with Crippen molar-refractivity contribution in [2.45, 2.75) is 251 Å². The van der Waals surface area contributed by atoms with Crippen molar-refractivity contribution < 1.29 is 63.8 Å². The molecule has 0 aromatic carbocycles. The highest BCUT2D eigenvalue weighted by atomic mass is 32.2. The minimum absolute atomic E-state index is 0.00207. The van der Waals surface area contributed by atoms with Gasteiger partial charge in [-0.15, -0.1) is 11.8 Å². The molecule has 8 aliphatic rings. The maximum atomic E-state index is 11.7. The quantitative estimate of drug-likeness (QED) is 0.120. The summed E-state index contributed by atoms with van der Waals surface area (Å²) in [5, 5.41) is 64.8. The van der Waals surface area contributed by atoms with Crippen LogP contribution in [0.2, 0.25) is 0 Å². The first-order chi connectivity index (χ1) is 27.7. The van der Waals surface area contributed by atoms with Crippen LogP contribution in [0.4, 0.5) is 0 Å². The Bertz CT molecular complexity index is 1460. The van der Waals surface area contributed by atoms with Gasteiger partial charge in [-0.05, 0) is 102 Å². The van der Waals surface area contributed by atoms with Crippen LogP contribution in [0, 0.1) is 23.2 Å². The van der Waals surface area contributed by atoms with Gasteiger partial charge in [-0.25, -0.2) is 0 Å². The van der Waals surface area contributed by atoms with Crippen LogP contribution < -0.4 is 0 Å². The van der Waals surface area contributed by atoms with Gasteiger partial charge in [-0.1, -0.05) is 34.6 Å². The van der Waals surface area contributed by atoms with Crippen LogP contribution in [0.1, 0.15) is 151 Å². The zero-order valence-corrected chi connectivity index (χ0v) is 37.4. The summed E-state index contributed by atoms with van der Waals surface area (Å²) < 4.78 is 46.4. The van der Waals surface area contributed by atoms with E-state index in [1.807, 2.05) is 6.92 Å². The van der Waals surface area contributed by atoms with Crippen LogP contribution in [-0.2, 0) is 33.2 Å². The van der Waals surface area contributed by atoms with Gasteiger partial charge in [0.1, 0.15) is 17.8 Å². The van der Waals surface area contributed by atoms with E-state index in [2.05, 4.69) is 34.6 Å². The maximum absolute atomic E-state index is 11.7. The highest BCUT2D eigenvalue weighted by Gasteiger charge is 2.72. The molecule has 8 rings (SSSR count). The summed E-state index contributed by atoms with van der Waals surface area (Å²) >= 11 is 1.77. The molecule has 3 spiro atoms. The lowest BCUT2D eigenvalue weighted by atomic mass is 9.71. The second-order valence-corrected chi connectivity index (χ2v) is 23.2. The van der Waals surface area contributed by atoms with E-state index < -0.39 is 65.9 Å². The van der Waals surface area contributed by atoms with Crippen LogP contribution in [0.15, 0.2) is 0 Å². The first kappa shape index (κ1) is 45.4. The lowest BCUT2D eigenvalue weighted by molar-refractivity contribution is -0.354. The van der Waals surface area contributed by atoms with E-state index in [0.29, 0.717) is 32.1 Å². The molecular weight excluding hydrogens is 781 g/mol. The van der Waals surface area contributed by atoms with Crippen molar-refractivity contribution in [3.63, 3.8) is 0 Å². The third kappa shape index (κ3) is 8.84. The zero-order valence-electron chi connectivity index (χ0n) is 36.6. The first-order valence-electron chi connectivity index (χ1n) is 23.2. The van der Waals surface area contributed by atoms with Crippen molar-refractivity contribution in [2.75, 3.05) is 6.61 Å². The van der Waals surface area contributed by atoms with Crippen molar-refractivity contribution >= 4 is 11.8 Å². The molecule has 340 valence electrons. The molecule has 0 saturated carbocycles. The van der Waals surface area contributed by atoms with E-state index in [0.717, 1.165) is 70.8 Å². The number of thioether (sulfide) groups is 1. The van der Waals surface area contributed by atoms with E-state index in [1.54, 1.807) is 11.8 Å². The number of hydrogen-bond donors (Lipinski definition) is 6. The third-order valence-electron chi connectivity index (χ3n) is 16.1. The Labute approximate surface area is 355 Å². The van der Waals surface area contributed by atoms with Crippen LogP contribution in [0.25, 0.3) is 0 Å². The van der Waals surface area contributed by atoms with Crippen LogP contribution in [-0.4, -0.2) is 138 Å². The first-order valence-corrected chi connectivity index (χ1v) is 24.1. The molecule has 0 bridgehead atoms. The lowest BCUT2D eigenvalue weighted by Gasteiger charge is -2.53. The summed E-state index contributed by atoms with van der Waals surface area (Å²) in [6.07, 6.45) is 5.58. The molecule has 59 heavy (non-hydrogen) atoms. The molecule has 0 amide bonds. The van der Waals surface area contributed by atoms with Crippen molar-refractivity contribution in [3.8, 4) is 0 Å². The van der Waals surface area contributed by atoms with Crippen LogP contribution in [0.3, 0.4) is 0 Å². The summed E-state index contributed by atoms with van der Waals surface area (Å²) in [4.78, 5) is 0. The van der Waals surface area contributed by atoms with Crippen molar-refractivity contribution in [1.82, 2.24) is 0 Å². The Balaban J connectivity index is 0.834. The van der Waals surface area contributed by atoms with Gasteiger partial charge in [0, 0.05) is 42.8 Å². The fraction of sp³-hybridized carbons (Fsp3) is 1.00. The summed E-state index contributed by atoms with van der Waals surface area (Å²) in [5.74, 6) is -2.59. The lowest BCUT2D eigenvalue weighted by Crippen LogP contribution is -2.63. The molecule has 0 aliphatic carbocycles. The average molecular weight is 857 g/mol. The number of fused-ring (bicyclic) bond motifs is 3. The smallest absolute Gasteiger partial charge is 0.208 e. The monoisotopic (exact) mass is 857 g/mol. The predicted molar refractivity (Wildman–Crippen MR) is 219 cm³/mol. The summed E-state index contributed by atoms with van der Waals surface area (Å²) in [5.41, 5.74) is -1.78. The number of aliphatic hydroxyl groups excluding tert-OH is 4. The summed E-state index contributed by atoms with van der Waals surface area (Å²) in [7, 11) is 0. The highest BCUT2D eigenvalue weighted by Crippen LogP contribution is 2.67. The maximum Gasteiger partial charge on any atom is 0.208 e. The molecule has 8 saturated heterocycles. The van der Waals surface area contributed by atoms with Crippen LogP contribution >= 0.6 is 11.8 Å². The second kappa shape index (κ2) is 16.7. The van der Waals surface area contributed by atoms with Crippen molar-refractivity contribution in [1.29, 1.82) is 0 Å². The molecule has 19 unspecified atom stereocenters. The van der Waals surface area contributed by atoms with Gasteiger partial charge in [0.15, 0.2) is 17.9 Å². The molecule has 13 nitrogen and oxygen atoms in total. The largest absolute Gasteiger partial charge is 0.390 e. The minimum atomic E-state index is -1.90. The van der Waals surface area contributed by atoms with Gasteiger partial charge < -0.3 is 63.8 Å². The highest BCUT2D eigenvalue weighted by molar-refractivity contribution is 8.08. The number of hydrogen-bond acceptors (Lipinski definition) is 14. The minimum Gasteiger partial charge on any atom is -0.390 e. The predicted octanol–water partition coefficient (Wildman–Crippen LogP) is 5.06. The Morgan fingerprint density at radius 2 is 1.58 bits per heavy atom. The molecular formula is C45H76O13S. The second-order valence-electron chi connectivity index (χ2n) is 21.5. The normalized spacial score (nSPS) is 49.6.